The second-order valence-electron chi connectivity index (χ2n) is 2.50. The van der Waals surface area contributed by atoms with E-state index in [0.717, 1.165) is 11.5 Å². The SMILES string of the molecule is FC(F)c1cccc2c(Cl)nsc12. The maximum Gasteiger partial charge on any atom is 0.265 e. The van der Waals surface area contributed by atoms with Gasteiger partial charge in [-0.15, -0.1) is 0 Å². The minimum absolute atomic E-state index is 0.00176. The summed E-state index contributed by atoms with van der Waals surface area (Å²) in [5, 5.41) is 0.895. The first-order chi connectivity index (χ1) is 6.20. The molecule has 0 saturated carbocycles. The molecular formula is C8H4ClF2NS. The van der Waals surface area contributed by atoms with Crippen molar-refractivity contribution in [1.29, 1.82) is 0 Å². The summed E-state index contributed by atoms with van der Waals surface area (Å²) >= 11 is 6.71. The maximum absolute atomic E-state index is 12.4. The molecule has 0 fully saturated rings. The lowest BCUT2D eigenvalue weighted by Crippen LogP contribution is -1.82. The summed E-state index contributed by atoms with van der Waals surface area (Å²) in [6.07, 6.45) is -2.47. The van der Waals surface area contributed by atoms with Gasteiger partial charge in [-0.25, -0.2) is 8.78 Å². The van der Waals surface area contributed by atoms with Crippen LogP contribution in [0.1, 0.15) is 12.0 Å². The van der Waals surface area contributed by atoms with Crippen molar-refractivity contribution in [3.8, 4) is 0 Å². The van der Waals surface area contributed by atoms with E-state index in [1.165, 1.54) is 6.07 Å². The quantitative estimate of drug-likeness (QED) is 0.709. The average Bonchev–Trinajstić information content (AvgIpc) is 2.48. The number of aromatic nitrogens is 1. The van der Waals surface area contributed by atoms with Gasteiger partial charge in [0.1, 0.15) is 0 Å². The normalized spacial score (nSPS) is 11.4. The maximum atomic E-state index is 12.4. The Balaban J connectivity index is 2.77. The number of fused-ring (bicyclic) bond motifs is 1. The molecule has 13 heavy (non-hydrogen) atoms. The molecule has 5 heteroatoms. The Bertz CT molecular complexity index is 441. The summed E-state index contributed by atoms with van der Waals surface area (Å²) in [5.41, 5.74) is 0.00176. The summed E-state index contributed by atoms with van der Waals surface area (Å²) in [7, 11) is 0. The molecule has 0 saturated heterocycles. The van der Waals surface area contributed by atoms with E-state index in [1.807, 2.05) is 0 Å². The third-order valence-electron chi connectivity index (χ3n) is 1.72. The highest BCUT2D eigenvalue weighted by atomic mass is 35.5. The van der Waals surface area contributed by atoms with Gasteiger partial charge in [-0.2, -0.15) is 4.37 Å². The van der Waals surface area contributed by atoms with Crippen molar-refractivity contribution in [2.45, 2.75) is 6.43 Å². The molecule has 1 aromatic carbocycles. The first-order valence-electron chi connectivity index (χ1n) is 3.52. The van der Waals surface area contributed by atoms with E-state index in [4.69, 9.17) is 11.6 Å². The third-order valence-corrected chi connectivity index (χ3v) is 3.02. The van der Waals surface area contributed by atoms with Gasteiger partial charge in [0.05, 0.1) is 4.70 Å². The molecular weight excluding hydrogens is 216 g/mol. The second kappa shape index (κ2) is 3.20. The molecule has 0 unspecified atom stereocenters. The van der Waals surface area contributed by atoms with Crippen molar-refractivity contribution in [3.63, 3.8) is 0 Å². The summed E-state index contributed by atoms with van der Waals surface area (Å²) < 4.78 is 29.2. The van der Waals surface area contributed by atoms with Gasteiger partial charge in [-0.1, -0.05) is 29.8 Å². The molecule has 0 bridgehead atoms. The molecule has 0 aliphatic carbocycles. The first kappa shape index (κ1) is 8.84. The highest BCUT2D eigenvalue weighted by molar-refractivity contribution is 7.14. The Hall–Kier alpha value is -0.740. The van der Waals surface area contributed by atoms with Gasteiger partial charge < -0.3 is 0 Å². The number of hydrogen-bond acceptors (Lipinski definition) is 2. The molecule has 0 N–H and O–H groups in total. The number of hydrogen-bond donors (Lipinski definition) is 0. The van der Waals surface area contributed by atoms with Crippen LogP contribution in [0.5, 0.6) is 0 Å². The van der Waals surface area contributed by atoms with Crippen LogP contribution in [0.2, 0.25) is 5.15 Å². The smallest absolute Gasteiger partial charge is 0.205 e. The van der Waals surface area contributed by atoms with Gasteiger partial charge in [0, 0.05) is 10.9 Å². The predicted octanol–water partition coefficient (Wildman–Crippen LogP) is 3.89. The molecule has 0 amide bonds. The lowest BCUT2D eigenvalue weighted by Gasteiger charge is -1.98. The number of halogens is 3. The standard InChI is InChI=1S/C8H4ClF2NS/c9-7-4-2-1-3-5(8(10)11)6(4)13-12-7/h1-3,8H. The number of nitrogens with zero attached hydrogens (tertiary/aromatic N) is 1. The van der Waals surface area contributed by atoms with Crippen LogP contribution in [0.15, 0.2) is 18.2 Å². The summed E-state index contributed by atoms with van der Waals surface area (Å²) in [4.78, 5) is 0. The lowest BCUT2D eigenvalue weighted by molar-refractivity contribution is 0.153. The molecule has 0 aliphatic heterocycles. The van der Waals surface area contributed by atoms with Gasteiger partial charge in [-0.05, 0) is 11.5 Å². The monoisotopic (exact) mass is 219 g/mol. The number of rotatable bonds is 1. The fourth-order valence-electron chi connectivity index (χ4n) is 1.13. The number of alkyl halides is 2. The Morgan fingerprint density at radius 3 is 2.85 bits per heavy atom. The lowest BCUT2D eigenvalue weighted by atomic mass is 10.2. The highest BCUT2D eigenvalue weighted by Crippen LogP contribution is 2.33. The molecule has 1 nitrogen and oxygen atoms in total. The number of benzene rings is 1. The molecule has 2 aromatic rings. The molecule has 1 aromatic heterocycles. The van der Waals surface area contributed by atoms with E-state index in [-0.39, 0.29) is 5.56 Å². The van der Waals surface area contributed by atoms with Crippen molar-refractivity contribution in [2.75, 3.05) is 0 Å². The Morgan fingerprint density at radius 2 is 2.15 bits per heavy atom. The van der Waals surface area contributed by atoms with E-state index < -0.39 is 6.43 Å². The van der Waals surface area contributed by atoms with Crippen LogP contribution in [0.4, 0.5) is 8.78 Å². The average molecular weight is 220 g/mol. The zero-order chi connectivity index (χ0) is 9.42. The van der Waals surface area contributed by atoms with Gasteiger partial charge >= 0.3 is 0 Å². The fraction of sp³-hybridized carbons (Fsp3) is 0.125. The van der Waals surface area contributed by atoms with Crippen LogP contribution < -0.4 is 0 Å². The Morgan fingerprint density at radius 1 is 1.38 bits per heavy atom. The van der Waals surface area contributed by atoms with Gasteiger partial charge in [-0.3, -0.25) is 0 Å². The Kier molecular flexibility index (Phi) is 2.17. The van der Waals surface area contributed by atoms with Crippen LogP contribution >= 0.6 is 23.1 Å². The van der Waals surface area contributed by atoms with Gasteiger partial charge in [0.25, 0.3) is 6.43 Å². The van der Waals surface area contributed by atoms with Crippen molar-refractivity contribution in [2.24, 2.45) is 0 Å². The molecule has 0 atom stereocenters. The zero-order valence-corrected chi connectivity index (χ0v) is 7.87. The molecule has 2 rings (SSSR count). The van der Waals surface area contributed by atoms with E-state index >= 15 is 0 Å². The summed E-state index contributed by atoms with van der Waals surface area (Å²) in [6.45, 7) is 0. The van der Waals surface area contributed by atoms with Crippen molar-refractivity contribution in [3.05, 3.63) is 28.9 Å². The Labute approximate surface area is 82.1 Å². The van der Waals surface area contributed by atoms with Crippen LogP contribution in [0.3, 0.4) is 0 Å². The summed E-state index contributed by atoms with van der Waals surface area (Å²) in [6, 6.07) is 4.64. The molecule has 0 radical (unpaired) electrons. The van der Waals surface area contributed by atoms with Gasteiger partial charge in [0.2, 0.25) is 0 Å². The molecule has 1 heterocycles. The first-order valence-corrected chi connectivity index (χ1v) is 4.67. The van der Waals surface area contributed by atoms with Crippen molar-refractivity contribution >= 4 is 33.2 Å². The van der Waals surface area contributed by atoms with E-state index in [1.54, 1.807) is 12.1 Å². The highest BCUT2D eigenvalue weighted by Gasteiger charge is 2.14. The predicted molar refractivity (Wildman–Crippen MR) is 49.6 cm³/mol. The minimum Gasteiger partial charge on any atom is -0.205 e. The third kappa shape index (κ3) is 1.40. The van der Waals surface area contributed by atoms with Gasteiger partial charge in [0.15, 0.2) is 5.15 Å². The van der Waals surface area contributed by atoms with Crippen LogP contribution in [0.25, 0.3) is 10.1 Å². The molecule has 68 valence electrons. The van der Waals surface area contributed by atoms with E-state index in [9.17, 15) is 8.78 Å². The van der Waals surface area contributed by atoms with Crippen LogP contribution in [0, 0.1) is 0 Å². The fourth-order valence-corrected chi connectivity index (χ4v) is 2.24. The second-order valence-corrected chi connectivity index (χ2v) is 3.63. The topological polar surface area (TPSA) is 12.9 Å². The van der Waals surface area contributed by atoms with Crippen molar-refractivity contribution in [1.82, 2.24) is 4.37 Å². The van der Waals surface area contributed by atoms with Crippen LogP contribution in [-0.2, 0) is 0 Å². The molecule has 0 aliphatic rings. The van der Waals surface area contributed by atoms with Crippen LogP contribution in [-0.4, -0.2) is 4.37 Å². The molecule has 0 spiro atoms. The van der Waals surface area contributed by atoms with E-state index in [0.29, 0.717) is 15.2 Å². The van der Waals surface area contributed by atoms with Crippen molar-refractivity contribution < 1.29 is 8.78 Å². The van der Waals surface area contributed by atoms with E-state index in [2.05, 4.69) is 4.37 Å². The zero-order valence-electron chi connectivity index (χ0n) is 6.30. The minimum atomic E-state index is -2.47. The summed E-state index contributed by atoms with van der Waals surface area (Å²) in [5.74, 6) is 0. The largest absolute Gasteiger partial charge is 0.265 e.